The second-order valence-electron chi connectivity index (χ2n) is 6.54. The van der Waals surface area contributed by atoms with Crippen molar-refractivity contribution in [2.24, 2.45) is 0 Å². The summed E-state index contributed by atoms with van der Waals surface area (Å²) in [6, 6.07) is 14.9. The van der Waals surface area contributed by atoms with E-state index in [2.05, 4.69) is 10.0 Å². The maximum Gasteiger partial charge on any atom is 0.255 e. The Morgan fingerprint density at radius 3 is 2.33 bits per heavy atom. The third-order valence-electron chi connectivity index (χ3n) is 4.25. The monoisotopic (exact) mass is 466 g/mol. The second kappa shape index (κ2) is 9.14. The van der Waals surface area contributed by atoms with Crippen LogP contribution in [0.3, 0.4) is 0 Å². The van der Waals surface area contributed by atoms with Crippen molar-refractivity contribution in [2.45, 2.75) is 18.4 Å². The molecule has 0 saturated carbocycles. The van der Waals surface area contributed by atoms with Gasteiger partial charge in [0.2, 0.25) is 10.0 Å². The molecule has 0 aromatic heterocycles. The van der Waals surface area contributed by atoms with Gasteiger partial charge in [-0.05, 0) is 48.9 Å². The largest absolute Gasteiger partial charge is 0.322 e. The van der Waals surface area contributed by atoms with Gasteiger partial charge in [0.1, 0.15) is 10.7 Å². The van der Waals surface area contributed by atoms with Crippen molar-refractivity contribution >= 4 is 44.8 Å². The fourth-order valence-electron chi connectivity index (χ4n) is 2.59. The number of aryl methyl sites for hydroxylation is 1. The normalized spacial score (nSPS) is 11.3. The molecule has 0 radical (unpaired) electrons. The molecule has 0 unspecified atom stereocenters. The Kier molecular flexibility index (Phi) is 6.77. The van der Waals surface area contributed by atoms with Gasteiger partial charge in [-0.15, -0.1) is 0 Å². The van der Waals surface area contributed by atoms with E-state index < -0.39 is 26.6 Å². The van der Waals surface area contributed by atoms with E-state index in [1.54, 1.807) is 12.1 Å². The Hall–Kier alpha value is -2.45. The molecule has 3 aromatic carbocycles. The summed E-state index contributed by atoms with van der Waals surface area (Å²) >= 11 is 11.8. The summed E-state index contributed by atoms with van der Waals surface area (Å²) in [5, 5.41) is 3.14. The molecule has 5 nitrogen and oxygen atoms in total. The molecular formula is C21H17Cl2FN2O3S. The first-order chi connectivity index (χ1) is 14.2. The van der Waals surface area contributed by atoms with Gasteiger partial charge in [-0.2, -0.15) is 0 Å². The minimum atomic E-state index is -4.18. The van der Waals surface area contributed by atoms with Gasteiger partial charge >= 0.3 is 0 Å². The molecule has 3 rings (SSSR count). The van der Waals surface area contributed by atoms with Gasteiger partial charge in [-0.3, -0.25) is 4.79 Å². The van der Waals surface area contributed by atoms with Gasteiger partial charge in [-0.1, -0.05) is 53.0 Å². The Morgan fingerprint density at radius 2 is 1.67 bits per heavy atom. The van der Waals surface area contributed by atoms with Gasteiger partial charge in [0.25, 0.3) is 5.91 Å². The quantitative estimate of drug-likeness (QED) is 0.525. The number of benzene rings is 3. The smallest absolute Gasteiger partial charge is 0.255 e. The topological polar surface area (TPSA) is 75.3 Å². The van der Waals surface area contributed by atoms with Crippen molar-refractivity contribution in [3.8, 4) is 0 Å². The second-order valence-corrected chi connectivity index (χ2v) is 9.09. The lowest BCUT2D eigenvalue weighted by Gasteiger charge is -2.11. The summed E-state index contributed by atoms with van der Waals surface area (Å²) in [5.74, 6) is -1.58. The number of nitrogens with one attached hydrogen (secondary N) is 2. The third kappa shape index (κ3) is 5.37. The van der Waals surface area contributed by atoms with E-state index in [0.717, 1.165) is 23.3 Å². The Morgan fingerprint density at radius 1 is 0.967 bits per heavy atom. The van der Waals surface area contributed by atoms with Crippen LogP contribution < -0.4 is 10.0 Å². The first-order valence-electron chi connectivity index (χ1n) is 8.77. The third-order valence-corrected chi connectivity index (χ3v) is 6.40. The van der Waals surface area contributed by atoms with Crippen molar-refractivity contribution < 1.29 is 17.6 Å². The van der Waals surface area contributed by atoms with Crippen LogP contribution in [0, 0.1) is 12.7 Å². The van der Waals surface area contributed by atoms with E-state index in [1.165, 1.54) is 24.3 Å². The highest BCUT2D eigenvalue weighted by atomic mass is 35.5. The van der Waals surface area contributed by atoms with Crippen molar-refractivity contribution in [3.63, 3.8) is 0 Å². The Bertz CT molecular complexity index is 1200. The fraction of sp³-hybridized carbons (Fsp3) is 0.0952. The van der Waals surface area contributed by atoms with Gasteiger partial charge in [0.15, 0.2) is 0 Å². The zero-order valence-electron chi connectivity index (χ0n) is 15.7. The zero-order valence-corrected chi connectivity index (χ0v) is 18.1. The highest BCUT2D eigenvalue weighted by Crippen LogP contribution is 2.25. The molecule has 0 spiro atoms. The molecule has 9 heteroatoms. The number of amides is 1. The van der Waals surface area contributed by atoms with Crippen molar-refractivity contribution in [1.82, 2.24) is 4.72 Å². The molecule has 0 aliphatic heterocycles. The number of hydrogen-bond acceptors (Lipinski definition) is 3. The number of anilines is 1. The minimum Gasteiger partial charge on any atom is -0.322 e. The predicted octanol–water partition coefficient (Wildman–Crippen LogP) is 5.17. The number of sulfonamides is 1. The van der Waals surface area contributed by atoms with Crippen LogP contribution >= 0.6 is 23.2 Å². The Balaban J connectivity index is 1.80. The first-order valence-corrected chi connectivity index (χ1v) is 11.0. The van der Waals surface area contributed by atoms with Crippen LogP contribution in [-0.2, 0) is 16.6 Å². The van der Waals surface area contributed by atoms with E-state index in [4.69, 9.17) is 23.2 Å². The summed E-state index contributed by atoms with van der Waals surface area (Å²) < 4.78 is 41.8. The molecule has 0 aliphatic carbocycles. The lowest BCUT2D eigenvalue weighted by atomic mass is 10.2. The average Bonchev–Trinajstić information content (AvgIpc) is 2.70. The summed E-state index contributed by atoms with van der Waals surface area (Å²) in [6.45, 7) is 1.90. The SMILES string of the molecule is Cc1ccc(CNS(=O)(=O)c2cc(C(=O)Nc3ccc(Cl)c(Cl)c3)ccc2F)cc1. The van der Waals surface area contributed by atoms with E-state index in [-0.39, 0.29) is 17.1 Å². The van der Waals surface area contributed by atoms with Crippen LogP contribution in [0.1, 0.15) is 21.5 Å². The lowest BCUT2D eigenvalue weighted by Crippen LogP contribution is -2.25. The van der Waals surface area contributed by atoms with Crippen LogP contribution in [-0.4, -0.2) is 14.3 Å². The summed E-state index contributed by atoms with van der Waals surface area (Å²) in [5.41, 5.74) is 2.09. The molecule has 0 bridgehead atoms. The lowest BCUT2D eigenvalue weighted by molar-refractivity contribution is 0.102. The molecule has 0 saturated heterocycles. The van der Waals surface area contributed by atoms with Crippen LogP contribution in [0.25, 0.3) is 0 Å². The highest BCUT2D eigenvalue weighted by molar-refractivity contribution is 7.89. The van der Waals surface area contributed by atoms with Gasteiger partial charge in [0.05, 0.1) is 10.0 Å². The standard InChI is InChI=1S/C21H17Cl2FN2O3S/c1-13-2-4-14(5-3-13)12-25-30(28,29)20-10-15(6-9-19(20)24)21(27)26-16-7-8-17(22)18(23)11-16/h2-11,25H,12H2,1H3,(H,26,27). The minimum absolute atomic E-state index is 0.0122. The van der Waals surface area contributed by atoms with Gasteiger partial charge in [0, 0.05) is 17.8 Å². The van der Waals surface area contributed by atoms with Crippen LogP contribution in [0.2, 0.25) is 10.0 Å². The molecule has 2 N–H and O–H groups in total. The summed E-state index contributed by atoms with van der Waals surface area (Å²) in [4.78, 5) is 11.9. The Labute approximate surface area is 183 Å². The number of carbonyl (C=O) groups is 1. The molecule has 3 aromatic rings. The highest BCUT2D eigenvalue weighted by Gasteiger charge is 2.21. The molecule has 1 amide bonds. The summed E-state index contributed by atoms with van der Waals surface area (Å²) in [7, 11) is -4.18. The van der Waals surface area contributed by atoms with E-state index in [0.29, 0.717) is 10.7 Å². The van der Waals surface area contributed by atoms with E-state index in [1.807, 2.05) is 19.1 Å². The average molecular weight is 467 g/mol. The van der Waals surface area contributed by atoms with Crippen molar-refractivity contribution in [2.75, 3.05) is 5.32 Å². The first kappa shape index (κ1) is 22.2. The fourth-order valence-corrected chi connectivity index (χ4v) is 4.01. The number of carbonyl (C=O) groups excluding carboxylic acids is 1. The van der Waals surface area contributed by atoms with Crippen molar-refractivity contribution in [1.29, 1.82) is 0 Å². The predicted molar refractivity (Wildman–Crippen MR) is 116 cm³/mol. The number of rotatable bonds is 6. The molecule has 0 heterocycles. The zero-order chi connectivity index (χ0) is 21.9. The number of hydrogen-bond donors (Lipinski definition) is 2. The maximum absolute atomic E-state index is 14.2. The summed E-state index contributed by atoms with van der Waals surface area (Å²) in [6.07, 6.45) is 0. The molecule has 30 heavy (non-hydrogen) atoms. The molecule has 156 valence electrons. The van der Waals surface area contributed by atoms with Gasteiger partial charge < -0.3 is 5.32 Å². The number of halogens is 3. The van der Waals surface area contributed by atoms with Crippen LogP contribution in [0.4, 0.5) is 10.1 Å². The molecule has 0 fully saturated rings. The molecular weight excluding hydrogens is 450 g/mol. The van der Waals surface area contributed by atoms with Crippen LogP contribution in [0.5, 0.6) is 0 Å². The van der Waals surface area contributed by atoms with Crippen LogP contribution in [0.15, 0.2) is 65.6 Å². The van der Waals surface area contributed by atoms with Crippen molar-refractivity contribution in [3.05, 3.63) is 93.2 Å². The van der Waals surface area contributed by atoms with E-state index >= 15 is 0 Å². The molecule has 0 aliphatic rings. The van der Waals surface area contributed by atoms with Gasteiger partial charge in [-0.25, -0.2) is 17.5 Å². The molecule has 0 atom stereocenters. The van der Waals surface area contributed by atoms with E-state index in [9.17, 15) is 17.6 Å². The maximum atomic E-state index is 14.2.